The molecule has 9 heteroatoms. The fraction of sp³-hybridized carbons (Fsp3) is 0.914. The van der Waals surface area contributed by atoms with Gasteiger partial charge in [0.2, 0.25) is 0 Å². The second-order valence-corrected chi connectivity index (χ2v) is 12.6. The first-order valence-corrected chi connectivity index (χ1v) is 18.1. The summed E-state index contributed by atoms with van der Waals surface area (Å²) in [7, 11) is 0. The monoisotopic (exact) mass is 626 g/mol. The third-order valence-corrected chi connectivity index (χ3v) is 8.40. The molecule has 258 valence electrons. The van der Waals surface area contributed by atoms with E-state index < -0.39 is 18.0 Å². The number of hydrogen-bond acceptors (Lipinski definition) is 8. The predicted molar refractivity (Wildman–Crippen MR) is 176 cm³/mol. The first kappa shape index (κ1) is 40.2. The van der Waals surface area contributed by atoms with E-state index in [9.17, 15) is 19.5 Å². The number of alkyl carbamates (subject to hydrolysis) is 1. The lowest BCUT2D eigenvalue weighted by atomic mass is 10.0. The summed E-state index contributed by atoms with van der Waals surface area (Å²) in [5.41, 5.74) is 0. The van der Waals surface area contributed by atoms with E-state index in [-0.39, 0.29) is 44.7 Å². The summed E-state index contributed by atoms with van der Waals surface area (Å²) in [5.74, 6) is -1.18. The maximum absolute atomic E-state index is 12.6. The number of likely N-dealkylation sites (tertiary alicyclic amines) is 1. The zero-order valence-corrected chi connectivity index (χ0v) is 28.3. The summed E-state index contributed by atoms with van der Waals surface area (Å²) < 4.78 is 16.3. The van der Waals surface area contributed by atoms with Crippen molar-refractivity contribution < 1.29 is 33.7 Å². The van der Waals surface area contributed by atoms with Crippen molar-refractivity contribution in [2.75, 3.05) is 46.0 Å². The molecule has 0 radical (unpaired) electrons. The van der Waals surface area contributed by atoms with Crippen LogP contribution in [-0.2, 0) is 23.8 Å². The van der Waals surface area contributed by atoms with Crippen LogP contribution in [0.3, 0.4) is 0 Å². The Morgan fingerprint density at radius 1 is 0.705 bits per heavy atom. The smallest absolute Gasteiger partial charge is 0.407 e. The normalized spacial score (nSPS) is 14.6. The Kier molecular flexibility index (Phi) is 26.1. The van der Waals surface area contributed by atoms with E-state index in [4.69, 9.17) is 14.2 Å². The van der Waals surface area contributed by atoms with Gasteiger partial charge in [0.05, 0.1) is 19.1 Å². The van der Waals surface area contributed by atoms with Crippen LogP contribution in [0, 0.1) is 5.92 Å². The SMILES string of the molecule is CCCCCCCCC(CCCCCCCC)OC(=O)CCCC(=O)OCC(CO)COC(=O)NCCN1CCCCCC1. The van der Waals surface area contributed by atoms with Crippen LogP contribution in [-0.4, -0.2) is 80.1 Å². The highest BCUT2D eigenvalue weighted by atomic mass is 16.6. The average molecular weight is 627 g/mol. The second-order valence-electron chi connectivity index (χ2n) is 12.6. The summed E-state index contributed by atoms with van der Waals surface area (Å²) in [6.07, 6.45) is 21.4. The van der Waals surface area contributed by atoms with E-state index >= 15 is 0 Å². The lowest BCUT2D eigenvalue weighted by Crippen LogP contribution is -2.36. The molecule has 1 amide bonds. The van der Waals surface area contributed by atoms with Gasteiger partial charge in [-0.05, 0) is 58.0 Å². The molecule has 1 unspecified atom stereocenters. The third-order valence-electron chi connectivity index (χ3n) is 8.40. The fourth-order valence-corrected chi connectivity index (χ4v) is 5.55. The number of hydrogen-bond donors (Lipinski definition) is 2. The molecule has 1 saturated heterocycles. The maximum atomic E-state index is 12.6. The van der Waals surface area contributed by atoms with E-state index in [1.807, 2.05) is 0 Å². The summed E-state index contributed by atoms with van der Waals surface area (Å²) in [6, 6.07) is 0. The van der Waals surface area contributed by atoms with Gasteiger partial charge in [0.1, 0.15) is 12.7 Å². The van der Waals surface area contributed by atoms with Gasteiger partial charge in [-0.1, -0.05) is 90.9 Å². The minimum absolute atomic E-state index is 0.0375. The van der Waals surface area contributed by atoms with Crippen LogP contribution >= 0.6 is 0 Å². The number of carbonyl (C=O) groups excluding carboxylic acids is 3. The average Bonchev–Trinajstić information content (AvgIpc) is 3.29. The molecule has 0 aliphatic carbocycles. The number of amides is 1. The van der Waals surface area contributed by atoms with Crippen molar-refractivity contribution in [1.82, 2.24) is 10.2 Å². The van der Waals surface area contributed by atoms with Crippen LogP contribution in [0.25, 0.3) is 0 Å². The number of carbonyl (C=O) groups is 3. The summed E-state index contributed by atoms with van der Waals surface area (Å²) in [4.78, 5) is 39.2. The Morgan fingerprint density at radius 2 is 1.25 bits per heavy atom. The van der Waals surface area contributed by atoms with Gasteiger partial charge in [-0.3, -0.25) is 9.59 Å². The van der Waals surface area contributed by atoms with E-state index in [0.717, 1.165) is 45.3 Å². The highest BCUT2D eigenvalue weighted by Gasteiger charge is 2.17. The van der Waals surface area contributed by atoms with Crippen molar-refractivity contribution in [3.8, 4) is 0 Å². The van der Waals surface area contributed by atoms with E-state index in [2.05, 4.69) is 24.1 Å². The van der Waals surface area contributed by atoms with E-state index in [0.29, 0.717) is 13.0 Å². The van der Waals surface area contributed by atoms with Crippen LogP contribution in [0.5, 0.6) is 0 Å². The molecule has 0 spiro atoms. The molecule has 9 nitrogen and oxygen atoms in total. The maximum Gasteiger partial charge on any atom is 0.407 e. The fourth-order valence-electron chi connectivity index (χ4n) is 5.55. The first-order valence-electron chi connectivity index (χ1n) is 18.1. The van der Waals surface area contributed by atoms with Gasteiger partial charge in [-0.15, -0.1) is 0 Å². The molecular weight excluding hydrogens is 560 g/mol. The largest absolute Gasteiger partial charge is 0.465 e. The molecule has 0 saturated carbocycles. The lowest BCUT2D eigenvalue weighted by Gasteiger charge is -2.20. The van der Waals surface area contributed by atoms with Crippen LogP contribution in [0.15, 0.2) is 0 Å². The van der Waals surface area contributed by atoms with Crippen LogP contribution in [0.2, 0.25) is 0 Å². The Labute approximate surface area is 268 Å². The van der Waals surface area contributed by atoms with Gasteiger partial charge in [0, 0.05) is 25.9 Å². The second kappa shape index (κ2) is 28.6. The standard InChI is InChI=1S/C35H66N2O7/c1-3-5-7-9-11-15-20-32(21-16-12-10-8-6-4-2)44-34(40)23-19-22-33(39)42-29-31(28-38)30-43-35(41)36-24-27-37-25-17-13-14-18-26-37/h31-32,38H,3-30H2,1-2H3,(H,36,41). The molecule has 0 aromatic rings. The first-order chi connectivity index (χ1) is 21.5. The van der Waals surface area contributed by atoms with Gasteiger partial charge < -0.3 is 29.5 Å². The quantitative estimate of drug-likeness (QED) is 0.0554. The Bertz CT molecular complexity index is 697. The van der Waals surface area contributed by atoms with Gasteiger partial charge in [-0.25, -0.2) is 4.79 Å². The molecule has 0 bridgehead atoms. The number of unbranched alkanes of at least 4 members (excludes halogenated alkanes) is 10. The summed E-state index contributed by atoms with van der Waals surface area (Å²) in [5, 5.41) is 12.4. The molecule has 1 rings (SSSR count). The molecular formula is C35H66N2O7. The van der Waals surface area contributed by atoms with Crippen LogP contribution < -0.4 is 5.32 Å². The highest BCUT2D eigenvalue weighted by molar-refractivity contribution is 5.72. The molecule has 0 aromatic carbocycles. The number of aliphatic hydroxyl groups is 1. The molecule has 2 N–H and O–H groups in total. The van der Waals surface area contributed by atoms with E-state index in [1.54, 1.807) is 0 Å². The summed E-state index contributed by atoms with van der Waals surface area (Å²) >= 11 is 0. The third kappa shape index (κ3) is 23.5. The van der Waals surface area contributed by atoms with Crippen LogP contribution in [0.4, 0.5) is 4.79 Å². The molecule has 1 heterocycles. The van der Waals surface area contributed by atoms with Gasteiger partial charge >= 0.3 is 18.0 Å². The molecule has 44 heavy (non-hydrogen) atoms. The molecule has 1 aliphatic rings. The van der Waals surface area contributed by atoms with Crippen molar-refractivity contribution >= 4 is 18.0 Å². The number of nitrogens with zero attached hydrogens (tertiary/aromatic N) is 1. The zero-order valence-electron chi connectivity index (χ0n) is 28.3. The Morgan fingerprint density at radius 3 is 1.84 bits per heavy atom. The van der Waals surface area contributed by atoms with Crippen molar-refractivity contribution in [3.05, 3.63) is 0 Å². The van der Waals surface area contributed by atoms with Crippen LogP contribution in [0.1, 0.15) is 149 Å². The van der Waals surface area contributed by atoms with Gasteiger partial charge in [-0.2, -0.15) is 0 Å². The molecule has 1 atom stereocenters. The topological polar surface area (TPSA) is 114 Å². The number of nitrogens with one attached hydrogen (secondary N) is 1. The van der Waals surface area contributed by atoms with Crippen molar-refractivity contribution in [3.63, 3.8) is 0 Å². The predicted octanol–water partition coefficient (Wildman–Crippen LogP) is 7.32. The lowest BCUT2D eigenvalue weighted by molar-refractivity contribution is -0.150. The van der Waals surface area contributed by atoms with Crippen molar-refractivity contribution in [2.24, 2.45) is 5.92 Å². The molecule has 0 aromatic heterocycles. The van der Waals surface area contributed by atoms with Crippen molar-refractivity contribution in [1.29, 1.82) is 0 Å². The summed E-state index contributed by atoms with van der Waals surface area (Å²) in [6.45, 7) is 7.53. The van der Waals surface area contributed by atoms with E-state index in [1.165, 1.54) is 89.9 Å². The highest BCUT2D eigenvalue weighted by Crippen LogP contribution is 2.18. The Balaban J connectivity index is 2.23. The molecule has 1 fully saturated rings. The minimum Gasteiger partial charge on any atom is -0.465 e. The number of esters is 2. The minimum atomic E-state index is -0.533. The Hall–Kier alpha value is -1.87. The number of aliphatic hydroxyl groups excluding tert-OH is 1. The zero-order chi connectivity index (χ0) is 32.1. The number of rotatable bonds is 27. The molecule has 1 aliphatic heterocycles. The van der Waals surface area contributed by atoms with Gasteiger partial charge in [0.25, 0.3) is 0 Å². The van der Waals surface area contributed by atoms with Crippen molar-refractivity contribution in [2.45, 2.75) is 155 Å². The van der Waals surface area contributed by atoms with Gasteiger partial charge in [0.15, 0.2) is 0 Å². The number of ether oxygens (including phenoxy) is 3.